The summed E-state index contributed by atoms with van der Waals surface area (Å²) in [4.78, 5) is 32.4. The Morgan fingerprint density at radius 3 is 2.67 bits per heavy atom. The van der Waals surface area contributed by atoms with E-state index in [1.165, 1.54) is 24.5 Å². The first kappa shape index (κ1) is 15.8. The lowest BCUT2D eigenvalue weighted by atomic mass is 10.1. The summed E-state index contributed by atoms with van der Waals surface area (Å²) in [5.74, 6) is -0.834. The summed E-state index contributed by atoms with van der Waals surface area (Å²) in [6, 6.07) is 11.9. The molecule has 0 aliphatic carbocycles. The topological polar surface area (TPSA) is 81.2 Å². The number of aromatic nitrogens is 2. The summed E-state index contributed by atoms with van der Waals surface area (Å²) in [6.07, 6.45) is 1.69. The number of carbonyl (C=O) groups excluding carboxylic acids is 2. The summed E-state index contributed by atoms with van der Waals surface area (Å²) < 4.78 is 4.65. The molecule has 1 aromatic carbocycles. The molecule has 2 heterocycles. The number of anilines is 1. The molecule has 0 unspecified atom stereocenters. The van der Waals surface area contributed by atoms with E-state index < -0.39 is 5.97 Å². The molecule has 0 saturated carbocycles. The van der Waals surface area contributed by atoms with Gasteiger partial charge in [0.1, 0.15) is 5.69 Å². The van der Waals surface area contributed by atoms with E-state index in [2.05, 4.69) is 20.0 Å². The van der Waals surface area contributed by atoms with Crippen molar-refractivity contribution < 1.29 is 14.3 Å². The van der Waals surface area contributed by atoms with Crippen LogP contribution >= 0.6 is 11.3 Å². The third-order valence-electron chi connectivity index (χ3n) is 3.20. The van der Waals surface area contributed by atoms with E-state index in [-0.39, 0.29) is 5.91 Å². The van der Waals surface area contributed by atoms with Crippen LogP contribution in [-0.4, -0.2) is 29.0 Å². The second-order valence-corrected chi connectivity index (χ2v) is 5.64. The molecule has 2 aromatic heterocycles. The molecule has 0 saturated heterocycles. The highest BCUT2D eigenvalue weighted by molar-refractivity contribution is 7.14. The van der Waals surface area contributed by atoms with Crippen LogP contribution in [0.3, 0.4) is 0 Å². The lowest BCUT2D eigenvalue weighted by Crippen LogP contribution is -2.13. The maximum atomic E-state index is 12.3. The average Bonchev–Trinajstić information content (AvgIpc) is 3.10. The molecule has 6 nitrogen and oxygen atoms in total. The fourth-order valence-corrected chi connectivity index (χ4v) is 2.74. The number of hydrogen-bond donors (Lipinski definition) is 1. The predicted molar refractivity (Wildman–Crippen MR) is 91.1 cm³/mol. The molecule has 0 spiro atoms. The molecule has 1 amide bonds. The van der Waals surface area contributed by atoms with Gasteiger partial charge in [-0.1, -0.05) is 12.1 Å². The number of pyridine rings is 1. The van der Waals surface area contributed by atoms with Crippen LogP contribution in [0.5, 0.6) is 0 Å². The zero-order valence-corrected chi connectivity index (χ0v) is 13.5. The first-order valence-corrected chi connectivity index (χ1v) is 7.92. The third-order valence-corrected chi connectivity index (χ3v) is 3.96. The van der Waals surface area contributed by atoms with E-state index >= 15 is 0 Å². The number of esters is 1. The molecule has 1 N–H and O–H groups in total. The zero-order valence-electron chi connectivity index (χ0n) is 12.7. The molecule has 7 heteroatoms. The zero-order chi connectivity index (χ0) is 16.9. The molecule has 0 radical (unpaired) electrons. The van der Waals surface area contributed by atoms with Gasteiger partial charge in [0.05, 0.1) is 18.4 Å². The summed E-state index contributed by atoms with van der Waals surface area (Å²) >= 11 is 1.31. The van der Waals surface area contributed by atoms with Gasteiger partial charge in [0.15, 0.2) is 5.13 Å². The van der Waals surface area contributed by atoms with Crippen LogP contribution in [0, 0.1) is 0 Å². The van der Waals surface area contributed by atoms with E-state index in [1.54, 1.807) is 24.4 Å². The Morgan fingerprint density at radius 2 is 1.92 bits per heavy atom. The van der Waals surface area contributed by atoms with Crippen molar-refractivity contribution >= 4 is 28.3 Å². The Balaban J connectivity index is 1.76. The number of amides is 1. The molecular formula is C17H13N3O3S. The van der Waals surface area contributed by atoms with E-state index in [0.29, 0.717) is 22.0 Å². The van der Waals surface area contributed by atoms with Gasteiger partial charge in [0, 0.05) is 17.1 Å². The fourth-order valence-electron chi connectivity index (χ4n) is 2.04. The van der Waals surface area contributed by atoms with Crippen LogP contribution in [0.15, 0.2) is 54.0 Å². The van der Waals surface area contributed by atoms with E-state index in [0.717, 1.165) is 5.69 Å². The molecule has 120 valence electrons. The number of ether oxygens (including phenoxy) is 1. The van der Waals surface area contributed by atoms with Gasteiger partial charge in [-0.3, -0.25) is 15.1 Å². The van der Waals surface area contributed by atoms with Gasteiger partial charge in [-0.25, -0.2) is 9.78 Å². The maximum Gasteiger partial charge on any atom is 0.337 e. The lowest BCUT2D eigenvalue weighted by molar-refractivity contribution is 0.0600. The van der Waals surface area contributed by atoms with E-state index in [4.69, 9.17) is 0 Å². The predicted octanol–water partition coefficient (Wildman–Crippen LogP) is 3.24. The Hall–Kier alpha value is -3.06. The van der Waals surface area contributed by atoms with Gasteiger partial charge in [-0.15, -0.1) is 11.3 Å². The van der Waals surface area contributed by atoms with Gasteiger partial charge < -0.3 is 4.74 Å². The van der Waals surface area contributed by atoms with Crippen LogP contribution in [0.4, 0.5) is 5.13 Å². The van der Waals surface area contributed by atoms with Crippen molar-refractivity contribution in [3.63, 3.8) is 0 Å². The minimum absolute atomic E-state index is 0.318. The molecule has 24 heavy (non-hydrogen) atoms. The SMILES string of the molecule is COC(=O)c1cccc(C(=O)Nc2nc(-c3ccccn3)cs2)c1. The highest BCUT2D eigenvalue weighted by atomic mass is 32.1. The van der Waals surface area contributed by atoms with Gasteiger partial charge in [0.25, 0.3) is 5.91 Å². The number of methoxy groups -OCH3 is 1. The average molecular weight is 339 g/mol. The number of hydrogen-bond acceptors (Lipinski definition) is 6. The molecular weight excluding hydrogens is 326 g/mol. The first-order chi connectivity index (χ1) is 11.7. The highest BCUT2D eigenvalue weighted by Crippen LogP contribution is 2.23. The number of carbonyl (C=O) groups is 2. The van der Waals surface area contributed by atoms with E-state index in [1.807, 2.05) is 23.6 Å². The molecule has 3 aromatic rings. The minimum atomic E-state index is -0.490. The van der Waals surface area contributed by atoms with Crippen molar-refractivity contribution in [3.8, 4) is 11.4 Å². The standard InChI is InChI=1S/C17H13N3O3S/c1-23-16(22)12-6-4-5-11(9-12)15(21)20-17-19-14(10-24-17)13-7-2-3-8-18-13/h2-10H,1H3,(H,19,20,21). The van der Waals surface area contributed by atoms with Gasteiger partial charge in [-0.2, -0.15) is 0 Å². The summed E-state index contributed by atoms with van der Waals surface area (Å²) in [7, 11) is 1.30. The summed E-state index contributed by atoms with van der Waals surface area (Å²) in [6.45, 7) is 0. The summed E-state index contributed by atoms with van der Waals surface area (Å²) in [5, 5.41) is 5.01. The second kappa shape index (κ2) is 7.01. The Labute approximate surface area is 142 Å². The van der Waals surface area contributed by atoms with Gasteiger partial charge in [0.2, 0.25) is 0 Å². The van der Waals surface area contributed by atoms with Crippen molar-refractivity contribution in [2.75, 3.05) is 12.4 Å². The molecule has 0 aliphatic rings. The number of rotatable bonds is 4. The minimum Gasteiger partial charge on any atom is -0.465 e. The largest absolute Gasteiger partial charge is 0.465 e. The van der Waals surface area contributed by atoms with Crippen molar-refractivity contribution in [1.82, 2.24) is 9.97 Å². The monoisotopic (exact) mass is 339 g/mol. The number of nitrogens with zero attached hydrogens (tertiary/aromatic N) is 2. The van der Waals surface area contributed by atoms with Crippen LogP contribution < -0.4 is 5.32 Å². The van der Waals surface area contributed by atoms with Gasteiger partial charge >= 0.3 is 5.97 Å². The van der Waals surface area contributed by atoms with Crippen LogP contribution in [-0.2, 0) is 4.74 Å². The number of thiazole rings is 1. The van der Waals surface area contributed by atoms with Crippen LogP contribution in [0.25, 0.3) is 11.4 Å². The molecule has 3 rings (SSSR count). The molecule has 0 fully saturated rings. The Kier molecular flexibility index (Phi) is 4.62. The Bertz CT molecular complexity index is 878. The summed E-state index contributed by atoms with van der Waals surface area (Å²) in [5.41, 5.74) is 2.10. The first-order valence-electron chi connectivity index (χ1n) is 7.04. The molecule has 0 bridgehead atoms. The normalized spacial score (nSPS) is 10.2. The fraction of sp³-hybridized carbons (Fsp3) is 0.0588. The smallest absolute Gasteiger partial charge is 0.337 e. The Morgan fingerprint density at radius 1 is 1.08 bits per heavy atom. The van der Waals surface area contributed by atoms with Crippen molar-refractivity contribution in [2.24, 2.45) is 0 Å². The number of nitrogens with one attached hydrogen (secondary N) is 1. The molecule has 0 atom stereocenters. The van der Waals surface area contributed by atoms with Crippen molar-refractivity contribution in [3.05, 3.63) is 65.2 Å². The number of benzene rings is 1. The van der Waals surface area contributed by atoms with Crippen molar-refractivity contribution in [2.45, 2.75) is 0 Å². The third kappa shape index (κ3) is 3.47. The van der Waals surface area contributed by atoms with E-state index in [9.17, 15) is 9.59 Å². The quantitative estimate of drug-likeness (QED) is 0.738. The van der Waals surface area contributed by atoms with Crippen LogP contribution in [0.2, 0.25) is 0 Å². The second-order valence-electron chi connectivity index (χ2n) is 4.78. The lowest BCUT2D eigenvalue weighted by Gasteiger charge is -2.04. The van der Waals surface area contributed by atoms with Gasteiger partial charge in [-0.05, 0) is 30.3 Å². The van der Waals surface area contributed by atoms with Crippen LogP contribution in [0.1, 0.15) is 20.7 Å². The van der Waals surface area contributed by atoms with Crippen molar-refractivity contribution in [1.29, 1.82) is 0 Å². The molecule has 0 aliphatic heterocycles. The highest BCUT2D eigenvalue weighted by Gasteiger charge is 2.13. The maximum absolute atomic E-state index is 12.3.